The van der Waals surface area contributed by atoms with Gasteiger partial charge >= 0.3 is 6.03 Å². The number of hydrogen-bond donors (Lipinski definition) is 1. The maximum atomic E-state index is 14.1. The van der Waals surface area contributed by atoms with Crippen molar-refractivity contribution in [2.24, 2.45) is 0 Å². The smallest absolute Gasteiger partial charge is 0.325 e. The minimum atomic E-state index is -1.79. The van der Waals surface area contributed by atoms with Crippen LogP contribution in [0.25, 0.3) is 0 Å². The van der Waals surface area contributed by atoms with Crippen LogP contribution in [-0.2, 0) is 10.3 Å². The van der Waals surface area contributed by atoms with Crippen LogP contribution < -0.4 is 10.1 Å². The lowest BCUT2D eigenvalue weighted by atomic mass is 9.91. The topological polar surface area (TPSA) is 58.6 Å². The van der Waals surface area contributed by atoms with Gasteiger partial charge in [-0.05, 0) is 31.2 Å². The lowest BCUT2D eigenvalue weighted by Crippen LogP contribution is -2.43. The van der Waals surface area contributed by atoms with Crippen molar-refractivity contribution < 1.29 is 23.1 Å². The molecule has 2 aromatic carbocycles. The highest BCUT2D eigenvalue weighted by Gasteiger charge is 2.51. The van der Waals surface area contributed by atoms with Crippen LogP contribution >= 0.6 is 0 Å². The standard InChI is InChI=1S/C18H16F2N2O3/c1-18(15-13(19)8-5-9-14(15)20)16(23)22(17(24)21-18)10-11-25-12-6-3-2-4-7-12/h2-9H,10-11H2,1H3,(H,21,24)/t18-/m1/s1. The van der Waals surface area contributed by atoms with E-state index in [0.717, 1.165) is 17.0 Å². The van der Waals surface area contributed by atoms with E-state index in [1.165, 1.54) is 13.0 Å². The Hall–Kier alpha value is -2.96. The van der Waals surface area contributed by atoms with Crippen molar-refractivity contribution in [1.82, 2.24) is 10.2 Å². The van der Waals surface area contributed by atoms with E-state index < -0.39 is 34.7 Å². The zero-order valence-electron chi connectivity index (χ0n) is 13.5. The normalized spacial score (nSPS) is 19.9. The molecule has 2 aromatic rings. The molecule has 1 N–H and O–H groups in total. The van der Waals surface area contributed by atoms with E-state index in [0.29, 0.717) is 5.75 Å². The van der Waals surface area contributed by atoms with Gasteiger partial charge in [-0.3, -0.25) is 9.69 Å². The molecule has 0 aliphatic carbocycles. The SMILES string of the molecule is C[C@]1(c2c(F)cccc2F)NC(=O)N(CCOc2ccccc2)C1=O. The Labute approximate surface area is 143 Å². The van der Waals surface area contributed by atoms with Crippen LogP contribution in [0.5, 0.6) is 5.75 Å². The monoisotopic (exact) mass is 346 g/mol. The average molecular weight is 346 g/mol. The zero-order valence-corrected chi connectivity index (χ0v) is 13.5. The summed E-state index contributed by atoms with van der Waals surface area (Å²) >= 11 is 0. The fourth-order valence-corrected chi connectivity index (χ4v) is 2.82. The number of halogens is 2. The number of ether oxygens (including phenoxy) is 1. The molecule has 0 unspecified atom stereocenters. The Kier molecular flexibility index (Phi) is 4.39. The average Bonchev–Trinajstić information content (AvgIpc) is 2.79. The number of benzene rings is 2. The summed E-state index contributed by atoms with van der Waals surface area (Å²) in [6, 6.07) is 11.5. The van der Waals surface area contributed by atoms with Gasteiger partial charge in [-0.1, -0.05) is 24.3 Å². The van der Waals surface area contributed by atoms with Crippen molar-refractivity contribution in [2.75, 3.05) is 13.2 Å². The molecule has 5 nitrogen and oxygen atoms in total. The minimum absolute atomic E-state index is 0.0365. The Bertz CT molecular complexity index is 793. The molecule has 0 aromatic heterocycles. The molecule has 3 amide bonds. The number of carbonyl (C=O) groups excluding carboxylic acids is 2. The number of rotatable bonds is 5. The van der Waals surface area contributed by atoms with Gasteiger partial charge in [0.25, 0.3) is 5.91 Å². The highest BCUT2D eigenvalue weighted by molar-refractivity contribution is 6.07. The number of amides is 3. The summed E-state index contributed by atoms with van der Waals surface area (Å²) < 4.78 is 33.6. The van der Waals surface area contributed by atoms with Gasteiger partial charge in [-0.25, -0.2) is 13.6 Å². The fraction of sp³-hybridized carbons (Fsp3) is 0.222. The van der Waals surface area contributed by atoms with E-state index in [4.69, 9.17) is 4.74 Å². The molecular weight excluding hydrogens is 330 g/mol. The number of imide groups is 1. The molecular formula is C18H16F2N2O3. The van der Waals surface area contributed by atoms with Gasteiger partial charge in [0.15, 0.2) is 0 Å². The van der Waals surface area contributed by atoms with E-state index in [9.17, 15) is 18.4 Å². The van der Waals surface area contributed by atoms with Gasteiger partial charge in [0.05, 0.1) is 12.1 Å². The predicted octanol–water partition coefficient (Wildman–Crippen LogP) is 2.81. The maximum absolute atomic E-state index is 14.1. The third-order valence-electron chi connectivity index (χ3n) is 4.06. The van der Waals surface area contributed by atoms with Crippen molar-refractivity contribution >= 4 is 11.9 Å². The van der Waals surface area contributed by atoms with Gasteiger partial charge in [0.1, 0.15) is 29.5 Å². The molecule has 1 aliphatic rings. The largest absolute Gasteiger partial charge is 0.492 e. The summed E-state index contributed by atoms with van der Waals surface area (Å²) in [6.07, 6.45) is 0. The zero-order chi connectivity index (χ0) is 18.0. The summed E-state index contributed by atoms with van der Waals surface area (Å²) in [5.41, 5.74) is -2.26. The molecule has 1 heterocycles. The van der Waals surface area contributed by atoms with Crippen molar-refractivity contribution in [1.29, 1.82) is 0 Å². The summed E-state index contributed by atoms with van der Waals surface area (Å²) in [4.78, 5) is 25.7. The van der Waals surface area contributed by atoms with Crippen LogP contribution in [0.3, 0.4) is 0 Å². The Morgan fingerprint density at radius 3 is 2.32 bits per heavy atom. The summed E-state index contributed by atoms with van der Waals surface area (Å²) in [5, 5.41) is 2.38. The molecule has 0 radical (unpaired) electrons. The number of hydrogen-bond acceptors (Lipinski definition) is 3. The van der Waals surface area contributed by atoms with Gasteiger partial charge in [-0.2, -0.15) is 0 Å². The van der Waals surface area contributed by atoms with Crippen molar-refractivity contribution in [3.63, 3.8) is 0 Å². The summed E-state index contributed by atoms with van der Waals surface area (Å²) in [6.45, 7) is 1.32. The van der Waals surface area contributed by atoms with E-state index >= 15 is 0 Å². The molecule has 130 valence electrons. The van der Waals surface area contributed by atoms with Crippen LogP contribution in [-0.4, -0.2) is 30.0 Å². The molecule has 25 heavy (non-hydrogen) atoms. The van der Waals surface area contributed by atoms with E-state index in [1.807, 2.05) is 6.07 Å². The molecule has 7 heteroatoms. The second-order valence-electron chi connectivity index (χ2n) is 5.77. The summed E-state index contributed by atoms with van der Waals surface area (Å²) in [7, 11) is 0. The molecule has 1 saturated heterocycles. The first-order chi connectivity index (χ1) is 11.9. The first kappa shape index (κ1) is 16.9. The third-order valence-corrected chi connectivity index (χ3v) is 4.06. The van der Waals surface area contributed by atoms with Crippen molar-refractivity contribution in [3.8, 4) is 5.75 Å². The number of nitrogens with zero attached hydrogens (tertiary/aromatic N) is 1. The summed E-state index contributed by atoms with van der Waals surface area (Å²) in [5.74, 6) is -1.91. The molecule has 0 bridgehead atoms. The fourth-order valence-electron chi connectivity index (χ4n) is 2.82. The van der Waals surface area contributed by atoms with E-state index in [1.54, 1.807) is 24.3 Å². The van der Waals surface area contributed by atoms with Gasteiger partial charge < -0.3 is 10.1 Å². The van der Waals surface area contributed by atoms with Crippen LogP contribution in [0.4, 0.5) is 13.6 Å². The lowest BCUT2D eigenvalue weighted by molar-refractivity contribution is -0.131. The number of carbonyl (C=O) groups is 2. The second kappa shape index (κ2) is 6.51. The molecule has 0 saturated carbocycles. The Balaban J connectivity index is 1.76. The van der Waals surface area contributed by atoms with Crippen LogP contribution in [0.2, 0.25) is 0 Å². The van der Waals surface area contributed by atoms with Gasteiger partial charge in [0, 0.05) is 0 Å². The Morgan fingerprint density at radius 2 is 1.68 bits per heavy atom. The Morgan fingerprint density at radius 1 is 1.04 bits per heavy atom. The molecule has 0 spiro atoms. The third kappa shape index (κ3) is 3.05. The van der Waals surface area contributed by atoms with Gasteiger partial charge in [0.2, 0.25) is 0 Å². The van der Waals surface area contributed by atoms with Crippen molar-refractivity contribution in [3.05, 3.63) is 65.7 Å². The van der Waals surface area contributed by atoms with Gasteiger partial charge in [-0.15, -0.1) is 0 Å². The number of para-hydroxylation sites is 1. The number of nitrogens with one attached hydrogen (secondary N) is 1. The molecule has 1 aliphatic heterocycles. The highest BCUT2D eigenvalue weighted by atomic mass is 19.1. The van der Waals surface area contributed by atoms with E-state index in [2.05, 4.69) is 5.32 Å². The lowest BCUT2D eigenvalue weighted by Gasteiger charge is -2.23. The minimum Gasteiger partial charge on any atom is -0.492 e. The maximum Gasteiger partial charge on any atom is 0.325 e. The second-order valence-corrected chi connectivity index (χ2v) is 5.77. The first-order valence-electron chi connectivity index (χ1n) is 7.70. The first-order valence-corrected chi connectivity index (χ1v) is 7.70. The van der Waals surface area contributed by atoms with Crippen LogP contribution in [0.15, 0.2) is 48.5 Å². The van der Waals surface area contributed by atoms with Crippen LogP contribution in [0.1, 0.15) is 12.5 Å². The highest BCUT2D eigenvalue weighted by Crippen LogP contribution is 2.32. The van der Waals surface area contributed by atoms with E-state index in [-0.39, 0.29) is 13.2 Å². The van der Waals surface area contributed by atoms with Crippen LogP contribution in [0, 0.1) is 11.6 Å². The number of urea groups is 1. The molecule has 3 rings (SSSR count). The van der Waals surface area contributed by atoms with Crippen molar-refractivity contribution in [2.45, 2.75) is 12.5 Å². The molecule has 1 atom stereocenters. The molecule has 1 fully saturated rings. The predicted molar refractivity (Wildman–Crippen MR) is 85.9 cm³/mol. The quantitative estimate of drug-likeness (QED) is 0.847.